The van der Waals surface area contributed by atoms with Crippen LogP contribution in [0.2, 0.25) is 10.0 Å². The van der Waals surface area contributed by atoms with Crippen LogP contribution in [0.15, 0.2) is 18.2 Å². The Morgan fingerprint density at radius 3 is 2.60 bits per heavy atom. The minimum absolute atomic E-state index is 0.0458. The second-order valence-corrected chi connectivity index (χ2v) is 5.45. The minimum atomic E-state index is -3.57. The van der Waals surface area contributed by atoms with Crippen LogP contribution >= 0.6 is 23.2 Å². The lowest BCUT2D eigenvalue weighted by atomic mass is 10.3. The molecule has 0 fully saturated rings. The zero-order valence-electron chi connectivity index (χ0n) is 8.04. The topological polar surface area (TPSA) is 43.4 Å². The highest BCUT2D eigenvalue weighted by Crippen LogP contribution is 2.28. The largest absolute Gasteiger partial charge is 0.381 e. The molecule has 1 aromatic rings. The van der Waals surface area contributed by atoms with Crippen LogP contribution in [0.3, 0.4) is 0 Å². The quantitative estimate of drug-likeness (QED) is 0.789. The van der Waals surface area contributed by atoms with Gasteiger partial charge < -0.3 is 4.18 Å². The summed E-state index contributed by atoms with van der Waals surface area (Å²) in [5.41, 5.74) is 0. The third-order valence-electron chi connectivity index (χ3n) is 1.56. The second-order valence-electron chi connectivity index (χ2n) is 2.92. The van der Waals surface area contributed by atoms with Gasteiger partial charge >= 0.3 is 10.1 Å². The van der Waals surface area contributed by atoms with Crippen LogP contribution in [-0.2, 0) is 10.1 Å². The van der Waals surface area contributed by atoms with Crippen molar-refractivity contribution >= 4 is 33.3 Å². The van der Waals surface area contributed by atoms with Gasteiger partial charge in [-0.2, -0.15) is 8.42 Å². The number of halogens is 2. The summed E-state index contributed by atoms with van der Waals surface area (Å²) in [6.07, 6.45) is 0.487. The third kappa shape index (κ3) is 3.89. The first kappa shape index (κ1) is 12.6. The molecule has 0 unspecified atom stereocenters. The number of hydrogen-bond acceptors (Lipinski definition) is 3. The van der Waals surface area contributed by atoms with E-state index in [4.69, 9.17) is 27.4 Å². The molecular weight excluding hydrogens is 259 g/mol. The van der Waals surface area contributed by atoms with E-state index >= 15 is 0 Å². The standard InChI is InChI=1S/C9H10Cl2O3S/c1-2-5-15(12,13)14-9-6-7(10)3-4-8(9)11/h3-4,6H,2,5H2,1H3. The summed E-state index contributed by atoms with van der Waals surface area (Å²) in [6, 6.07) is 4.42. The van der Waals surface area contributed by atoms with Gasteiger partial charge in [0.05, 0.1) is 10.8 Å². The Morgan fingerprint density at radius 2 is 2.00 bits per heavy atom. The van der Waals surface area contributed by atoms with E-state index < -0.39 is 10.1 Å². The summed E-state index contributed by atoms with van der Waals surface area (Å²) in [5, 5.41) is 0.597. The molecule has 3 nitrogen and oxygen atoms in total. The van der Waals surface area contributed by atoms with Gasteiger partial charge in [-0.15, -0.1) is 0 Å². The van der Waals surface area contributed by atoms with Gasteiger partial charge in [0.1, 0.15) is 0 Å². The fourth-order valence-electron chi connectivity index (χ4n) is 0.970. The Bertz CT molecular complexity index is 443. The third-order valence-corrected chi connectivity index (χ3v) is 3.45. The summed E-state index contributed by atoms with van der Waals surface area (Å²) >= 11 is 11.4. The molecule has 0 aliphatic heterocycles. The van der Waals surface area contributed by atoms with Gasteiger partial charge in [-0.25, -0.2) is 0 Å². The van der Waals surface area contributed by atoms with E-state index in [1.54, 1.807) is 13.0 Å². The van der Waals surface area contributed by atoms with Crippen molar-refractivity contribution in [2.24, 2.45) is 0 Å². The van der Waals surface area contributed by atoms with Crippen LogP contribution in [-0.4, -0.2) is 14.2 Å². The van der Waals surface area contributed by atoms with Crippen LogP contribution in [0.1, 0.15) is 13.3 Å². The Labute approximate surface area is 99.1 Å². The molecule has 0 heterocycles. The van der Waals surface area contributed by atoms with Crippen molar-refractivity contribution in [2.45, 2.75) is 13.3 Å². The van der Waals surface area contributed by atoms with E-state index in [1.165, 1.54) is 12.1 Å². The van der Waals surface area contributed by atoms with Gasteiger partial charge in [-0.05, 0) is 18.6 Å². The first-order chi connectivity index (χ1) is 6.94. The molecule has 0 aromatic heterocycles. The summed E-state index contributed by atoms with van der Waals surface area (Å²) in [4.78, 5) is 0. The highest BCUT2D eigenvalue weighted by molar-refractivity contribution is 7.87. The summed E-state index contributed by atoms with van der Waals surface area (Å²) in [6.45, 7) is 1.75. The van der Waals surface area contributed by atoms with Crippen molar-refractivity contribution < 1.29 is 12.6 Å². The maximum absolute atomic E-state index is 11.3. The first-order valence-corrected chi connectivity index (χ1v) is 6.65. The van der Waals surface area contributed by atoms with Crippen LogP contribution in [0.5, 0.6) is 5.75 Å². The average molecular weight is 269 g/mol. The molecule has 1 aromatic carbocycles. The molecule has 0 spiro atoms. The van der Waals surface area contributed by atoms with Gasteiger partial charge in [-0.3, -0.25) is 0 Å². The van der Waals surface area contributed by atoms with Gasteiger partial charge in [0.15, 0.2) is 5.75 Å². The molecule has 0 amide bonds. The highest BCUT2D eigenvalue weighted by atomic mass is 35.5. The lowest BCUT2D eigenvalue weighted by Crippen LogP contribution is -2.13. The number of hydrogen-bond donors (Lipinski definition) is 0. The lowest BCUT2D eigenvalue weighted by molar-refractivity contribution is 0.485. The fourth-order valence-corrected chi connectivity index (χ4v) is 2.33. The molecule has 0 saturated carbocycles. The molecule has 84 valence electrons. The summed E-state index contributed by atoms with van der Waals surface area (Å²) in [7, 11) is -3.57. The molecule has 0 bridgehead atoms. The predicted octanol–water partition coefficient (Wildman–Crippen LogP) is 3.11. The number of benzene rings is 1. The van der Waals surface area contributed by atoms with Crippen molar-refractivity contribution in [3.63, 3.8) is 0 Å². The zero-order chi connectivity index (χ0) is 11.5. The molecule has 1 rings (SSSR count). The fraction of sp³-hybridized carbons (Fsp3) is 0.333. The molecule has 0 saturated heterocycles. The van der Waals surface area contributed by atoms with Gasteiger partial charge in [0.2, 0.25) is 0 Å². The van der Waals surface area contributed by atoms with Crippen molar-refractivity contribution in [3.8, 4) is 5.75 Å². The van der Waals surface area contributed by atoms with Crippen molar-refractivity contribution in [2.75, 3.05) is 5.75 Å². The molecule has 0 N–H and O–H groups in total. The maximum atomic E-state index is 11.3. The van der Waals surface area contributed by atoms with Gasteiger partial charge in [0.25, 0.3) is 0 Å². The van der Waals surface area contributed by atoms with E-state index in [-0.39, 0.29) is 16.5 Å². The normalized spacial score (nSPS) is 11.4. The smallest absolute Gasteiger partial charge is 0.309 e. The SMILES string of the molecule is CCCS(=O)(=O)Oc1cc(Cl)ccc1Cl. The van der Waals surface area contributed by atoms with Crippen LogP contribution < -0.4 is 4.18 Å². The molecular formula is C9H10Cl2O3S. The maximum Gasteiger partial charge on any atom is 0.309 e. The van der Waals surface area contributed by atoms with E-state index in [0.29, 0.717) is 11.4 Å². The molecule has 0 atom stereocenters. The zero-order valence-corrected chi connectivity index (χ0v) is 10.4. The average Bonchev–Trinajstić information content (AvgIpc) is 2.10. The predicted molar refractivity (Wildman–Crippen MR) is 61.2 cm³/mol. The second kappa shape index (κ2) is 5.05. The molecule has 0 radical (unpaired) electrons. The van der Waals surface area contributed by atoms with E-state index in [0.717, 1.165) is 0 Å². The van der Waals surface area contributed by atoms with Crippen LogP contribution in [0.25, 0.3) is 0 Å². The molecule has 0 aliphatic rings. The lowest BCUT2D eigenvalue weighted by Gasteiger charge is -2.07. The van der Waals surface area contributed by atoms with E-state index in [2.05, 4.69) is 0 Å². The summed E-state index contributed by atoms with van der Waals surface area (Å²) < 4.78 is 27.5. The molecule has 0 aliphatic carbocycles. The minimum Gasteiger partial charge on any atom is -0.381 e. The molecule has 15 heavy (non-hydrogen) atoms. The van der Waals surface area contributed by atoms with Crippen LogP contribution in [0, 0.1) is 0 Å². The van der Waals surface area contributed by atoms with Crippen molar-refractivity contribution in [1.29, 1.82) is 0 Å². The van der Waals surface area contributed by atoms with E-state index in [9.17, 15) is 8.42 Å². The van der Waals surface area contributed by atoms with E-state index in [1.807, 2.05) is 0 Å². The van der Waals surface area contributed by atoms with Gasteiger partial charge in [-0.1, -0.05) is 30.1 Å². The molecule has 6 heteroatoms. The number of rotatable bonds is 4. The Hall–Kier alpha value is -0.450. The Morgan fingerprint density at radius 1 is 1.33 bits per heavy atom. The monoisotopic (exact) mass is 268 g/mol. The van der Waals surface area contributed by atoms with Crippen LogP contribution in [0.4, 0.5) is 0 Å². The summed E-state index contributed by atoms with van der Waals surface area (Å²) in [5.74, 6) is 0.0214. The Balaban J connectivity index is 2.94. The first-order valence-electron chi connectivity index (χ1n) is 4.32. The van der Waals surface area contributed by atoms with Gasteiger partial charge in [0, 0.05) is 11.1 Å². The Kier molecular flexibility index (Phi) is 4.25. The van der Waals surface area contributed by atoms with Crippen molar-refractivity contribution in [3.05, 3.63) is 28.2 Å². The highest BCUT2D eigenvalue weighted by Gasteiger charge is 2.13. The van der Waals surface area contributed by atoms with Crippen molar-refractivity contribution in [1.82, 2.24) is 0 Å².